The summed E-state index contributed by atoms with van der Waals surface area (Å²) in [5.41, 5.74) is 1.14. The number of pyridine rings is 1. The Labute approximate surface area is 108 Å². The summed E-state index contributed by atoms with van der Waals surface area (Å²) in [5, 5.41) is 3.25. The summed E-state index contributed by atoms with van der Waals surface area (Å²) in [6.45, 7) is 5.58. The molecule has 1 saturated heterocycles. The molecule has 0 aromatic carbocycles. The number of hydrogen-bond donors (Lipinski definition) is 1. The van der Waals surface area contributed by atoms with Crippen molar-refractivity contribution < 1.29 is 4.79 Å². The number of nitrogens with one attached hydrogen (secondary N) is 1. The second kappa shape index (κ2) is 5.85. The van der Waals surface area contributed by atoms with Crippen LogP contribution in [0.15, 0.2) is 18.3 Å². The average Bonchev–Trinajstić information content (AvgIpc) is 2.86. The molecule has 0 bridgehead atoms. The van der Waals surface area contributed by atoms with Gasteiger partial charge in [0.05, 0.1) is 6.04 Å². The van der Waals surface area contributed by atoms with Crippen molar-refractivity contribution in [3.05, 3.63) is 23.9 Å². The minimum atomic E-state index is 0.158. The fourth-order valence-electron chi connectivity index (χ4n) is 2.45. The molecule has 18 heavy (non-hydrogen) atoms. The van der Waals surface area contributed by atoms with Crippen LogP contribution in [0.5, 0.6) is 0 Å². The van der Waals surface area contributed by atoms with Crippen LogP contribution in [-0.2, 0) is 4.79 Å². The molecule has 1 N–H and O–H groups in total. The van der Waals surface area contributed by atoms with Gasteiger partial charge in [0.1, 0.15) is 5.82 Å². The minimum absolute atomic E-state index is 0.158. The molecule has 1 atom stereocenters. The first-order valence-electron chi connectivity index (χ1n) is 6.69. The van der Waals surface area contributed by atoms with Crippen LogP contribution in [0.1, 0.15) is 44.7 Å². The van der Waals surface area contributed by atoms with Gasteiger partial charge in [-0.2, -0.15) is 0 Å². The van der Waals surface area contributed by atoms with Gasteiger partial charge < -0.3 is 10.2 Å². The van der Waals surface area contributed by atoms with E-state index < -0.39 is 0 Å². The molecular weight excluding hydrogens is 226 g/mol. The zero-order chi connectivity index (χ0) is 13.0. The number of hydrogen-bond acceptors (Lipinski definition) is 3. The molecule has 1 aromatic heterocycles. The molecular formula is C14H21N3O. The van der Waals surface area contributed by atoms with Crippen LogP contribution in [0.25, 0.3) is 0 Å². The molecule has 1 aliphatic rings. The van der Waals surface area contributed by atoms with Crippen LogP contribution in [0, 0.1) is 0 Å². The molecule has 0 unspecified atom stereocenters. The smallest absolute Gasteiger partial charge is 0.219 e. The van der Waals surface area contributed by atoms with Gasteiger partial charge in [-0.05, 0) is 30.9 Å². The van der Waals surface area contributed by atoms with E-state index in [1.165, 1.54) is 0 Å². The summed E-state index contributed by atoms with van der Waals surface area (Å²) in [4.78, 5) is 17.9. The molecule has 1 amide bonds. The summed E-state index contributed by atoms with van der Waals surface area (Å²) in [6.07, 6.45) is 5.11. The molecule has 0 radical (unpaired) electrons. The van der Waals surface area contributed by atoms with Crippen molar-refractivity contribution in [2.75, 3.05) is 18.4 Å². The van der Waals surface area contributed by atoms with E-state index in [0.29, 0.717) is 0 Å². The van der Waals surface area contributed by atoms with Gasteiger partial charge in [-0.1, -0.05) is 13.0 Å². The Kier molecular flexibility index (Phi) is 4.18. The Hall–Kier alpha value is -1.58. The summed E-state index contributed by atoms with van der Waals surface area (Å²) in [6, 6.07) is 4.30. The van der Waals surface area contributed by atoms with E-state index in [9.17, 15) is 4.79 Å². The third-order valence-corrected chi connectivity index (χ3v) is 3.38. The largest absolute Gasteiger partial charge is 0.370 e. The molecule has 4 nitrogen and oxygen atoms in total. The number of carbonyl (C=O) groups is 1. The van der Waals surface area contributed by atoms with Crippen LogP contribution < -0.4 is 5.32 Å². The number of aromatic nitrogens is 1. The van der Waals surface area contributed by atoms with Crippen LogP contribution in [0.4, 0.5) is 5.82 Å². The molecule has 2 rings (SSSR count). The highest BCUT2D eigenvalue weighted by Crippen LogP contribution is 2.31. The lowest BCUT2D eigenvalue weighted by Gasteiger charge is -2.23. The number of amides is 1. The van der Waals surface area contributed by atoms with E-state index in [1.54, 1.807) is 6.92 Å². The lowest BCUT2D eigenvalue weighted by atomic mass is 10.1. The molecule has 2 heterocycles. The van der Waals surface area contributed by atoms with Gasteiger partial charge in [-0.25, -0.2) is 4.98 Å². The molecule has 0 aliphatic carbocycles. The van der Waals surface area contributed by atoms with E-state index in [-0.39, 0.29) is 11.9 Å². The highest BCUT2D eigenvalue weighted by Gasteiger charge is 2.27. The predicted octanol–water partition coefficient (Wildman–Crippen LogP) is 2.59. The molecule has 0 spiro atoms. The lowest BCUT2D eigenvalue weighted by Crippen LogP contribution is -2.28. The second-order valence-electron chi connectivity index (χ2n) is 4.77. The molecule has 0 saturated carbocycles. The number of anilines is 1. The van der Waals surface area contributed by atoms with Crippen molar-refractivity contribution in [3.63, 3.8) is 0 Å². The van der Waals surface area contributed by atoms with Gasteiger partial charge in [0, 0.05) is 26.2 Å². The number of likely N-dealkylation sites (tertiary alicyclic amines) is 1. The van der Waals surface area contributed by atoms with Gasteiger partial charge >= 0.3 is 0 Å². The Morgan fingerprint density at radius 2 is 2.39 bits per heavy atom. The first-order chi connectivity index (χ1) is 8.72. The van der Waals surface area contributed by atoms with Crippen molar-refractivity contribution >= 4 is 11.7 Å². The first-order valence-corrected chi connectivity index (χ1v) is 6.69. The van der Waals surface area contributed by atoms with Gasteiger partial charge in [0.2, 0.25) is 5.91 Å². The van der Waals surface area contributed by atoms with Gasteiger partial charge in [-0.15, -0.1) is 0 Å². The predicted molar refractivity (Wildman–Crippen MR) is 72.4 cm³/mol. The summed E-state index contributed by atoms with van der Waals surface area (Å²) >= 11 is 0. The topological polar surface area (TPSA) is 45.2 Å². The zero-order valence-corrected chi connectivity index (χ0v) is 11.1. The second-order valence-corrected chi connectivity index (χ2v) is 4.77. The van der Waals surface area contributed by atoms with E-state index in [4.69, 9.17) is 0 Å². The first kappa shape index (κ1) is 12.9. The quantitative estimate of drug-likeness (QED) is 0.889. The van der Waals surface area contributed by atoms with Crippen molar-refractivity contribution in [1.29, 1.82) is 0 Å². The van der Waals surface area contributed by atoms with E-state index in [0.717, 1.165) is 43.7 Å². The van der Waals surface area contributed by atoms with Crippen LogP contribution in [-0.4, -0.2) is 28.9 Å². The van der Waals surface area contributed by atoms with Crippen molar-refractivity contribution in [1.82, 2.24) is 9.88 Å². The standard InChI is InChI=1S/C14H21N3O/c1-3-8-15-14-7-6-12(10-16-14)13-5-4-9-17(13)11(2)18/h6-7,10,13H,3-5,8-9H2,1-2H3,(H,15,16)/t13-/m1/s1. The van der Waals surface area contributed by atoms with E-state index in [1.807, 2.05) is 17.2 Å². The monoisotopic (exact) mass is 247 g/mol. The maximum absolute atomic E-state index is 11.5. The Bertz CT molecular complexity index is 402. The third-order valence-electron chi connectivity index (χ3n) is 3.38. The number of rotatable bonds is 4. The minimum Gasteiger partial charge on any atom is -0.370 e. The van der Waals surface area contributed by atoms with Crippen molar-refractivity contribution in [2.45, 2.75) is 39.2 Å². The molecule has 98 valence electrons. The van der Waals surface area contributed by atoms with E-state index >= 15 is 0 Å². The Morgan fingerprint density at radius 3 is 3.00 bits per heavy atom. The van der Waals surface area contributed by atoms with Gasteiger partial charge in [0.15, 0.2) is 0 Å². The Balaban J connectivity index is 2.06. The summed E-state index contributed by atoms with van der Waals surface area (Å²) in [5.74, 6) is 1.07. The third kappa shape index (κ3) is 2.81. The lowest BCUT2D eigenvalue weighted by molar-refractivity contribution is -0.129. The fourth-order valence-corrected chi connectivity index (χ4v) is 2.45. The number of carbonyl (C=O) groups excluding carboxylic acids is 1. The van der Waals surface area contributed by atoms with Crippen LogP contribution in [0.2, 0.25) is 0 Å². The number of nitrogens with zero attached hydrogens (tertiary/aromatic N) is 2. The SMILES string of the molecule is CCCNc1ccc([C@H]2CCCN2C(C)=O)cn1. The zero-order valence-electron chi connectivity index (χ0n) is 11.1. The van der Waals surface area contributed by atoms with Crippen LogP contribution in [0.3, 0.4) is 0 Å². The van der Waals surface area contributed by atoms with Gasteiger partial charge in [-0.3, -0.25) is 4.79 Å². The molecule has 1 fully saturated rings. The van der Waals surface area contributed by atoms with E-state index in [2.05, 4.69) is 23.3 Å². The molecule has 4 heteroatoms. The maximum atomic E-state index is 11.5. The normalized spacial score (nSPS) is 19.0. The molecule has 1 aliphatic heterocycles. The Morgan fingerprint density at radius 1 is 1.56 bits per heavy atom. The highest BCUT2D eigenvalue weighted by atomic mass is 16.2. The average molecular weight is 247 g/mol. The summed E-state index contributed by atoms with van der Waals surface area (Å²) in [7, 11) is 0. The highest BCUT2D eigenvalue weighted by molar-refractivity contribution is 5.74. The summed E-state index contributed by atoms with van der Waals surface area (Å²) < 4.78 is 0. The fraction of sp³-hybridized carbons (Fsp3) is 0.571. The maximum Gasteiger partial charge on any atom is 0.219 e. The van der Waals surface area contributed by atoms with Gasteiger partial charge in [0.25, 0.3) is 0 Å². The van der Waals surface area contributed by atoms with Crippen molar-refractivity contribution in [3.8, 4) is 0 Å². The molecule has 1 aromatic rings. The van der Waals surface area contributed by atoms with Crippen LogP contribution >= 0.6 is 0 Å². The van der Waals surface area contributed by atoms with Crippen molar-refractivity contribution in [2.24, 2.45) is 0 Å².